The van der Waals surface area contributed by atoms with Crippen molar-refractivity contribution in [2.75, 3.05) is 18.4 Å². The van der Waals surface area contributed by atoms with E-state index in [4.69, 9.17) is 0 Å². The lowest BCUT2D eigenvalue weighted by Crippen LogP contribution is -2.29. The first-order valence-electron chi connectivity index (χ1n) is 9.36. The smallest absolute Gasteiger partial charge is 0.230 e. The third-order valence-electron chi connectivity index (χ3n) is 4.93. The standard InChI is InChI=1S/C22H23N3OS/c1-2-25-13-12-19-20(15-25)27-22(23-19)24-21(26)14-16-8-10-18(11-9-16)17-6-4-3-5-7-17/h3-11H,2,12-15H2,1H3,(H,23,24,26). The summed E-state index contributed by atoms with van der Waals surface area (Å²) in [5, 5.41) is 3.70. The Morgan fingerprint density at radius 3 is 2.59 bits per heavy atom. The van der Waals surface area contributed by atoms with Crippen molar-refractivity contribution in [2.24, 2.45) is 0 Å². The monoisotopic (exact) mass is 377 g/mol. The van der Waals surface area contributed by atoms with Crippen LogP contribution < -0.4 is 5.32 Å². The van der Waals surface area contributed by atoms with Gasteiger partial charge in [-0.2, -0.15) is 0 Å². The highest BCUT2D eigenvalue weighted by Gasteiger charge is 2.20. The molecule has 1 aliphatic heterocycles. The fraction of sp³-hybridized carbons (Fsp3) is 0.273. The number of nitrogens with zero attached hydrogens (tertiary/aromatic N) is 2. The molecule has 4 rings (SSSR count). The Balaban J connectivity index is 1.38. The molecule has 0 fully saturated rings. The van der Waals surface area contributed by atoms with Crippen LogP contribution in [0.3, 0.4) is 0 Å². The van der Waals surface area contributed by atoms with E-state index in [-0.39, 0.29) is 5.91 Å². The van der Waals surface area contributed by atoms with E-state index in [2.05, 4.69) is 46.4 Å². The molecule has 0 unspecified atom stereocenters. The van der Waals surface area contributed by atoms with Gasteiger partial charge in [-0.25, -0.2) is 4.98 Å². The third-order valence-corrected chi connectivity index (χ3v) is 5.93. The average Bonchev–Trinajstić information content (AvgIpc) is 3.10. The van der Waals surface area contributed by atoms with E-state index in [0.29, 0.717) is 6.42 Å². The highest BCUT2D eigenvalue weighted by Crippen LogP contribution is 2.28. The number of rotatable bonds is 5. The molecule has 0 bridgehead atoms. The Morgan fingerprint density at radius 2 is 1.85 bits per heavy atom. The predicted molar refractivity (Wildman–Crippen MR) is 111 cm³/mol. The first-order chi connectivity index (χ1) is 13.2. The SMILES string of the molecule is CCN1CCc2nc(NC(=O)Cc3ccc(-c4ccccc4)cc3)sc2C1. The molecule has 0 atom stereocenters. The minimum absolute atomic E-state index is 0.0131. The first kappa shape index (κ1) is 17.9. The van der Waals surface area contributed by atoms with Gasteiger partial charge in [0.15, 0.2) is 5.13 Å². The predicted octanol–water partition coefficient (Wildman–Crippen LogP) is 4.37. The molecule has 2 aromatic carbocycles. The minimum atomic E-state index is -0.0131. The molecular formula is C22H23N3OS. The molecular weight excluding hydrogens is 354 g/mol. The summed E-state index contributed by atoms with van der Waals surface area (Å²) >= 11 is 1.61. The molecule has 0 saturated carbocycles. The second-order valence-electron chi connectivity index (χ2n) is 6.80. The van der Waals surface area contributed by atoms with E-state index in [0.717, 1.165) is 48.0 Å². The van der Waals surface area contributed by atoms with Gasteiger partial charge in [0.05, 0.1) is 12.1 Å². The van der Waals surface area contributed by atoms with Crippen molar-refractivity contribution >= 4 is 22.4 Å². The van der Waals surface area contributed by atoms with Crippen LogP contribution in [0.15, 0.2) is 54.6 Å². The van der Waals surface area contributed by atoms with E-state index in [1.165, 1.54) is 10.4 Å². The minimum Gasteiger partial charge on any atom is -0.302 e. The summed E-state index contributed by atoms with van der Waals surface area (Å²) in [6.45, 7) is 5.23. The molecule has 3 aromatic rings. The van der Waals surface area contributed by atoms with Crippen molar-refractivity contribution in [2.45, 2.75) is 26.3 Å². The van der Waals surface area contributed by atoms with Crippen molar-refractivity contribution in [1.82, 2.24) is 9.88 Å². The third kappa shape index (κ3) is 4.26. The maximum Gasteiger partial charge on any atom is 0.230 e. The van der Waals surface area contributed by atoms with Gasteiger partial charge in [-0.1, -0.05) is 61.5 Å². The largest absolute Gasteiger partial charge is 0.302 e. The number of amides is 1. The van der Waals surface area contributed by atoms with Crippen LogP contribution in [0.25, 0.3) is 11.1 Å². The van der Waals surface area contributed by atoms with E-state index < -0.39 is 0 Å². The number of fused-ring (bicyclic) bond motifs is 1. The summed E-state index contributed by atoms with van der Waals surface area (Å²) in [7, 11) is 0. The van der Waals surface area contributed by atoms with E-state index >= 15 is 0 Å². The van der Waals surface area contributed by atoms with Gasteiger partial charge in [0.2, 0.25) is 5.91 Å². The van der Waals surface area contributed by atoms with Crippen molar-refractivity contribution in [3.8, 4) is 11.1 Å². The van der Waals surface area contributed by atoms with Crippen LogP contribution in [0.5, 0.6) is 0 Å². The van der Waals surface area contributed by atoms with Crippen molar-refractivity contribution in [1.29, 1.82) is 0 Å². The number of benzene rings is 2. The lowest BCUT2D eigenvalue weighted by atomic mass is 10.0. The second-order valence-corrected chi connectivity index (χ2v) is 7.88. The lowest BCUT2D eigenvalue weighted by molar-refractivity contribution is -0.115. The van der Waals surface area contributed by atoms with E-state index in [9.17, 15) is 4.79 Å². The Hall–Kier alpha value is -2.50. The molecule has 0 spiro atoms. The number of nitrogens with one attached hydrogen (secondary N) is 1. The van der Waals surface area contributed by atoms with Crippen LogP contribution in [0.2, 0.25) is 0 Å². The van der Waals surface area contributed by atoms with Gasteiger partial charge in [0.1, 0.15) is 0 Å². The number of hydrogen-bond donors (Lipinski definition) is 1. The summed E-state index contributed by atoms with van der Waals surface area (Å²) < 4.78 is 0. The normalized spacial score (nSPS) is 14.0. The Kier molecular flexibility index (Phi) is 5.32. The highest BCUT2D eigenvalue weighted by molar-refractivity contribution is 7.15. The number of anilines is 1. The number of thiazole rings is 1. The fourth-order valence-electron chi connectivity index (χ4n) is 3.37. The molecule has 1 amide bonds. The van der Waals surface area contributed by atoms with Crippen molar-refractivity contribution in [3.63, 3.8) is 0 Å². The first-order valence-corrected chi connectivity index (χ1v) is 10.2. The van der Waals surface area contributed by atoms with Gasteiger partial charge in [0.25, 0.3) is 0 Å². The van der Waals surface area contributed by atoms with Gasteiger partial charge in [0, 0.05) is 24.4 Å². The van der Waals surface area contributed by atoms with Gasteiger partial charge in [-0.3, -0.25) is 9.69 Å². The molecule has 0 radical (unpaired) electrons. The van der Waals surface area contributed by atoms with Gasteiger partial charge >= 0.3 is 0 Å². The molecule has 5 heteroatoms. The maximum absolute atomic E-state index is 12.4. The van der Waals surface area contributed by atoms with E-state index in [1.807, 2.05) is 30.3 Å². The number of carbonyl (C=O) groups is 1. The molecule has 0 aliphatic carbocycles. The topological polar surface area (TPSA) is 45.2 Å². The second kappa shape index (κ2) is 8.03. The number of hydrogen-bond acceptors (Lipinski definition) is 4. The lowest BCUT2D eigenvalue weighted by Gasteiger charge is -2.23. The van der Waals surface area contributed by atoms with Crippen molar-refractivity contribution in [3.05, 3.63) is 70.7 Å². The maximum atomic E-state index is 12.4. The van der Waals surface area contributed by atoms with E-state index in [1.54, 1.807) is 11.3 Å². The summed E-state index contributed by atoms with van der Waals surface area (Å²) in [4.78, 5) is 20.7. The van der Waals surface area contributed by atoms with Crippen LogP contribution in [0, 0.1) is 0 Å². The molecule has 1 aliphatic rings. The Labute approximate surface area is 163 Å². The summed E-state index contributed by atoms with van der Waals surface area (Å²) in [6, 6.07) is 18.4. The van der Waals surface area contributed by atoms with Gasteiger partial charge in [-0.05, 0) is 23.2 Å². The van der Waals surface area contributed by atoms with Crippen LogP contribution in [-0.2, 0) is 24.2 Å². The highest BCUT2D eigenvalue weighted by atomic mass is 32.1. The molecule has 27 heavy (non-hydrogen) atoms. The van der Waals surface area contributed by atoms with Gasteiger partial charge < -0.3 is 5.32 Å². The average molecular weight is 378 g/mol. The number of carbonyl (C=O) groups excluding carboxylic acids is 1. The quantitative estimate of drug-likeness (QED) is 0.718. The number of likely N-dealkylation sites (N-methyl/N-ethyl adjacent to an activating group) is 1. The molecule has 4 nitrogen and oxygen atoms in total. The zero-order valence-corrected chi connectivity index (χ0v) is 16.3. The van der Waals surface area contributed by atoms with Crippen LogP contribution in [0.4, 0.5) is 5.13 Å². The molecule has 138 valence electrons. The molecule has 2 heterocycles. The Morgan fingerprint density at radius 1 is 1.11 bits per heavy atom. The van der Waals surface area contributed by atoms with Crippen LogP contribution >= 0.6 is 11.3 Å². The summed E-state index contributed by atoms with van der Waals surface area (Å²) in [6.07, 6.45) is 1.33. The van der Waals surface area contributed by atoms with Crippen LogP contribution in [-0.4, -0.2) is 28.9 Å². The molecule has 1 aromatic heterocycles. The molecule has 1 N–H and O–H groups in total. The molecule has 0 saturated heterocycles. The zero-order chi connectivity index (χ0) is 18.6. The van der Waals surface area contributed by atoms with Crippen LogP contribution in [0.1, 0.15) is 23.1 Å². The zero-order valence-electron chi connectivity index (χ0n) is 15.4. The van der Waals surface area contributed by atoms with Gasteiger partial charge in [-0.15, -0.1) is 11.3 Å². The number of aromatic nitrogens is 1. The Bertz CT molecular complexity index is 918. The van der Waals surface area contributed by atoms with Crippen molar-refractivity contribution < 1.29 is 4.79 Å². The fourth-order valence-corrected chi connectivity index (χ4v) is 4.43. The summed E-state index contributed by atoms with van der Waals surface area (Å²) in [5.74, 6) is -0.0131. The summed E-state index contributed by atoms with van der Waals surface area (Å²) in [5.41, 5.74) is 4.49.